The summed E-state index contributed by atoms with van der Waals surface area (Å²) in [6.45, 7) is 4.51. The fourth-order valence-electron chi connectivity index (χ4n) is 3.19. The molecule has 1 saturated heterocycles. The largest absolute Gasteiger partial charge is 0.310 e. The van der Waals surface area contributed by atoms with Gasteiger partial charge in [-0.3, -0.25) is 4.98 Å². The molecule has 1 aliphatic rings. The SMILES string of the molecule is C(=Cc1ccccc1)CNC1CCN(CCc2ccncc2)CC1. The second-order valence-corrected chi connectivity index (χ2v) is 6.44. The predicted molar refractivity (Wildman–Crippen MR) is 101 cm³/mol. The Morgan fingerprint density at radius 3 is 2.54 bits per heavy atom. The molecule has 1 aromatic carbocycles. The number of hydrogen-bond acceptors (Lipinski definition) is 3. The molecule has 0 aliphatic carbocycles. The zero-order chi connectivity index (χ0) is 16.5. The molecular weight excluding hydrogens is 294 g/mol. The van der Waals surface area contributed by atoms with Crippen molar-refractivity contribution in [3.63, 3.8) is 0 Å². The molecule has 2 aromatic rings. The summed E-state index contributed by atoms with van der Waals surface area (Å²) < 4.78 is 0. The zero-order valence-corrected chi connectivity index (χ0v) is 14.3. The Morgan fingerprint density at radius 2 is 1.79 bits per heavy atom. The summed E-state index contributed by atoms with van der Waals surface area (Å²) in [5.74, 6) is 0. The molecule has 0 radical (unpaired) electrons. The fraction of sp³-hybridized carbons (Fsp3) is 0.381. The summed E-state index contributed by atoms with van der Waals surface area (Å²) in [5, 5.41) is 3.66. The van der Waals surface area contributed by atoms with Crippen LogP contribution in [0.5, 0.6) is 0 Å². The van der Waals surface area contributed by atoms with Gasteiger partial charge in [0.2, 0.25) is 0 Å². The summed E-state index contributed by atoms with van der Waals surface area (Å²) in [6, 6.07) is 15.4. The highest BCUT2D eigenvalue weighted by Crippen LogP contribution is 2.11. The Balaban J connectivity index is 1.31. The molecular formula is C21H27N3. The van der Waals surface area contributed by atoms with Crippen LogP contribution in [-0.2, 0) is 6.42 Å². The van der Waals surface area contributed by atoms with E-state index in [0.717, 1.165) is 19.5 Å². The topological polar surface area (TPSA) is 28.2 Å². The second kappa shape index (κ2) is 9.36. The third kappa shape index (κ3) is 5.59. The normalized spacial score (nSPS) is 16.7. The summed E-state index contributed by atoms with van der Waals surface area (Å²) in [6.07, 6.45) is 11.8. The van der Waals surface area contributed by atoms with E-state index >= 15 is 0 Å². The number of hydrogen-bond donors (Lipinski definition) is 1. The number of rotatable bonds is 7. The van der Waals surface area contributed by atoms with Gasteiger partial charge >= 0.3 is 0 Å². The van der Waals surface area contributed by atoms with Crippen LogP contribution < -0.4 is 5.32 Å². The number of aromatic nitrogens is 1. The average molecular weight is 321 g/mol. The minimum atomic E-state index is 0.655. The van der Waals surface area contributed by atoms with Crippen LogP contribution in [0.15, 0.2) is 60.9 Å². The Bertz CT molecular complexity index is 601. The summed E-state index contributed by atoms with van der Waals surface area (Å²) in [7, 11) is 0. The molecule has 0 atom stereocenters. The first-order valence-corrected chi connectivity index (χ1v) is 8.96. The first-order chi connectivity index (χ1) is 11.9. The molecule has 2 heterocycles. The molecule has 1 aromatic heterocycles. The van der Waals surface area contributed by atoms with Gasteiger partial charge in [-0.25, -0.2) is 0 Å². The molecule has 1 N–H and O–H groups in total. The van der Waals surface area contributed by atoms with Gasteiger partial charge in [-0.15, -0.1) is 0 Å². The van der Waals surface area contributed by atoms with Gasteiger partial charge < -0.3 is 10.2 Å². The molecule has 1 aliphatic heterocycles. The third-order valence-corrected chi connectivity index (χ3v) is 4.69. The van der Waals surface area contributed by atoms with Gasteiger partial charge in [0.25, 0.3) is 0 Å². The molecule has 24 heavy (non-hydrogen) atoms. The van der Waals surface area contributed by atoms with Crippen LogP contribution in [0.3, 0.4) is 0 Å². The highest BCUT2D eigenvalue weighted by atomic mass is 15.1. The Labute approximate surface area is 145 Å². The van der Waals surface area contributed by atoms with Gasteiger partial charge in [0.1, 0.15) is 0 Å². The number of nitrogens with one attached hydrogen (secondary N) is 1. The summed E-state index contributed by atoms with van der Waals surface area (Å²) in [5.41, 5.74) is 2.65. The van der Waals surface area contributed by atoms with E-state index in [0.29, 0.717) is 6.04 Å². The monoisotopic (exact) mass is 321 g/mol. The van der Waals surface area contributed by atoms with Gasteiger partial charge in [-0.1, -0.05) is 42.5 Å². The Hall–Kier alpha value is -1.97. The van der Waals surface area contributed by atoms with Gasteiger partial charge in [0.05, 0.1) is 0 Å². The van der Waals surface area contributed by atoms with Crippen LogP contribution in [0.2, 0.25) is 0 Å². The number of nitrogens with zero attached hydrogens (tertiary/aromatic N) is 2. The van der Waals surface area contributed by atoms with E-state index < -0.39 is 0 Å². The second-order valence-electron chi connectivity index (χ2n) is 6.44. The van der Waals surface area contributed by atoms with Crippen LogP contribution in [0, 0.1) is 0 Å². The van der Waals surface area contributed by atoms with Crippen molar-refractivity contribution >= 4 is 6.08 Å². The van der Waals surface area contributed by atoms with Crippen molar-refractivity contribution in [2.75, 3.05) is 26.2 Å². The molecule has 126 valence electrons. The summed E-state index contributed by atoms with van der Waals surface area (Å²) in [4.78, 5) is 6.66. The maximum atomic E-state index is 4.08. The first kappa shape index (κ1) is 16.9. The standard InChI is InChI=1S/C21H27N3/c1-2-5-19(6-3-1)7-4-13-23-21-11-17-24(18-12-21)16-10-20-8-14-22-15-9-20/h1-9,14-15,21,23H,10-13,16-18H2. The molecule has 0 unspecified atom stereocenters. The van der Waals surface area contributed by atoms with Crippen LogP contribution >= 0.6 is 0 Å². The van der Waals surface area contributed by atoms with Crippen LogP contribution in [-0.4, -0.2) is 42.1 Å². The number of pyridine rings is 1. The number of piperidine rings is 1. The lowest BCUT2D eigenvalue weighted by molar-refractivity contribution is 0.202. The molecule has 3 rings (SSSR count). The van der Waals surface area contributed by atoms with Gasteiger partial charge in [0, 0.05) is 31.5 Å². The van der Waals surface area contributed by atoms with E-state index in [1.165, 1.54) is 37.1 Å². The lowest BCUT2D eigenvalue weighted by Gasteiger charge is -2.32. The molecule has 0 saturated carbocycles. The van der Waals surface area contributed by atoms with E-state index in [1.54, 1.807) is 0 Å². The Morgan fingerprint density at radius 1 is 1.04 bits per heavy atom. The third-order valence-electron chi connectivity index (χ3n) is 4.69. The molecule has 3 nitrogen and oxygen atoms in total. The van der Waals surface area contributed by atoms with Crippen LogP contribution in [0.25, 0.3) is 6.08 Å². The number of likely N-dealkylation sites (tertiary alicyclic amines) is 1. The highest BCUT2D eigenvalue weighted by molar-refractivity contribution is 5.48. The van der Waals surface area contributed by atoms with Crippen molar-refractivity contribution in [3.8, 4) is 0 Å². The molecule has 3 heteroatoms. The molecule has 1 fully saturated rings. The lowest BCUT2D eigenvalue weighted by Crippen LogP contribution is -2.43. The molecule has 0 bridgehead atoms. The van der Waals surface area contributed by atoms with Crippen molar-refractivity contribution < 1.29 is 0 Å². The van der Waals surface area contributed by atoms with Crippen LogP contribution in [0.4, 0.5) is 0 Å². The fourth-order valence-corrected chi connectivity index (χ4v) is 3.19. The minimum absolute atomic E-state index is 0.655. The van der Waals surface area contributed by atoms with E-state index in [4.69, 9.17) is 0 Å². The van der Waals surface area contributed by atoms with Crippen molar-refractivity contribution in [2.45, 2.75) is 25.3 Å². The molecule has 0 spiro atoms. The van der Waals surface area contributed by atoms with E-state index in [9.17, 15) is 0 Å². The highest BCUT2D eigenvalue weighted by Gasteiger charge is 2.17. The van der Waals surface area contributed by atoms with Crippen LogP contribution in [0.1, 0.15) is 24.0 Å². The minimum Gasteiger partial charge on any atom is -0.310 e. The summed E-state index contributed by atoms with van der Waals surface area (Å²) >= 11 is 0. The maximum Gasteiger partial charge on any atom is 0.0270 e. The van der Waals surface area contributed by atoms with Gasteiger partial charge in [-0.2, -0.15) is 0 Å². The lowest BCUT2D eigenvalue weighted by atomic mass is 10.0. The predicted octanol–water partition coefficient (Wildman–Crippen LogP) is 3.39. The van der Waals surface area contributed by atoms with Crippen molar-refractivity contribution in [3.05, 3.63) is 72.1 Å². The molecule has 0 amide bonds. The van der Waals surface area contributed by atoms with Gasteiger partial charge in [-0.05, 0) is 55.6 Å². The van der Waals surface area contributed by atoms with Gasteiger partial charge in [0.15, 0.2) is 0 Å². The van der Waals surface area contributed by atoms with E-state index in [1.807, 2.05) is 12.4 Å². The maximum absolute atomic E-state index is 4.08. The zero-order valence-electron chi connectivity index (χ0n) is 14.3. The average Bonchev–Trinajstić information content (AvgIpc) is 2.66. The number of benzene rings is 1. The van der Waals surface area contributed by atoms with E-state index in [-0.39, 0.29) is 0 Å². The van der Waals surface area contributed by atoms with E-state index in [2.05, 4.69) is 69.8 Å². The smallest absolute Gasteiger partial charge is 0.0270 e. The Kier molecular flexibility index (Phi) is 6.58. The first-order valence-electron chi connectivity index (χ1n) is 8.96. The van der Waals surface area contributed by atoms with Crippen molar-refractivity contribution in [2.24, 2.45) is 0 Å². The van der Waals surface area contributed by atoms with Crippen molar-refractivity contribution in [1.29, 1.82) is 0 Å². The van der Waals surface area contributed by atoms with Crippen molar-refractivity contribution in [1.82, 2.24) is 15.2 Å². The quantitative estimate of drug-likeness (QED) is 0.847.